The van der Waals surface area contributed by atoms with Crippen LogP contribution >= 0.6 is 27.5 Å². The second-order valence-corrected chi connectivity index (χ2v) is 9.03. The Balaban J connectivity index is 1.57. The molecule has 3 heterocycles. The molecule has 9 heteroatoms. The molecule has 1 aliphatic rings. The van der Waals surface area contributed by atoms with Crippen LogP contribution in [-0.2, 0) is 0 Å². The molecule has 1 saturated heterocycles. The van der Waals surface area contributed by atoms with Gasteiger partial charge in [0.05, 0.1) is 52.0 Å². The first kappa shape index (κ1) is 22.4. The highest BCUT2D eigenvalue weighted by Gasteiger charge is 2.18. The Kier molecular flexibility index (Phi) is 6.53. The highest BCUT2D eigenvalue weighted by atomic mass is 79.9. The SMILES string of the molecule is C=C(C(=N)c1cc(Cl)ccc1F)c1ccc2ncc(N3CCN(/N=C(\C)Br)CC3)cc2n1. The molecule has 32 heavy (non-hydrogen) atoms. The quantitative estimate of drug-likeness (QED) is 0.465. The van der Waals surface area contributed by atoms with Crippen LogP contribution in [0.4, 0.5) is 10.1 Å². The van der Waals surface area contributed by atoms with Gasteiger partial charge in [-0.1, -0.05) is 18.2 Å². The molecule has 0 atom stereocenters. The lowest BCUT2D eigenvalue weighted by molar-refractivity contribution is 0.271. The van der Waals surface area contributed by atoms with Crippen LogP contribution in [0.3, 0.4) is 0 Å². The average Bonchev–Trinajstić information content (AvgIpc) is 2.79. The highest BCUT2D eigenvalue weighted by molar-refractivity contribution is 9.18. The molecule has 0 saturated carbocycles. The maximum Gasteiger partial charge on any atom is 0.132 e. The zero-order valence-electron chi connectivity index (χ0n) is 17.4. The maximum absolute atomic E-state index is 14.2. The summed E-state index contributed by atoms with van der Waals surface area (Å²) in [6.07, 6.45) is 1.84. The molecule has 1 fully saturated rings. The number of hydrazone groups is 1. The van der Waals surface area contributed by atoms with E-state index in [9.17, 15) is 4.39 Å². The normalized spacial score (nSPS) is 14.7. The number of piperazine rings is 1. The van der Waals surface area contributed by atoms with Gasteiger partial charge in [0.2, 0.25) is 0 Å². The van der Waals surface area contributed by atoms with Crippen LogP contribution in [0.1, 0.15) is 18.2 Å². The molecule has 1 aliphatic heterocycles. The van der Waals surface area contributed by atoms with Crippen LogP contribution in [0.15, 0.2) is 54.3 Å². The number of rotatable bonds is 5. The van der Waals surface area contributed by atoms with Gasteiger partial charge in [0.15, 0.2) is 0 Å². The zero-order valence-corrected chi connectivity index (χ0v) is 19.8. The number of hydrogen-bond acceptors (Lipinski definition) is 6. The third kappa shape index (κ3) is 4.81. The van der Waals surface area contributed by atoms with Crippen molar-refractivity contribution in [2.24, 2.45) is 5.10 Å². The number of fused-ring (bicyclic) bond motifs is 1. The van der Waals surface area contributed by atoms with Crippen molar-refractivity contribution in [3.05, 3.63) is 71.3 Å². The van der Waals surface area contributed by atoms with Crippen molar-refractivity contribution < 1.29 is 4.39 Å². The van der Waals surface area contributed by atoms with Crippen molar-refractivity contribution in [1.29, 1.82) is 5.41 Å². The Morgan fingerprint density at radius 2 is 1.91 bits per heavy atom. The fourth-order valence-electron chi connectivity index (χ4n) is 3.57. The number of halogens is 3. The summed E-state index contributed by atoms with van der Waals surface area (Å²) in [6, 6.07) is 9.68. The second kappa shape index (κ2) is 9.34. The summed E-state index contributed by atoms with van der Waals surface area (Å²) >= 11 is 9.36. The van der Waals surface area contributed by atoms with Crippen molar-refractivity contribution in [1.82, 2.24) is 15.0 Å². The van der Waals surface area contributed by atoms with Crippen molar-refractivity contribution in [2.75, 3.05) is 31.1 Å². The summed E-state index contributed by atoms with van der Waals surface area (Å²) in [7, 11) is 0. The summed E-state index contributed by atoms with van der Waals surface area (Å²) in [5.41, 5.74) is 3.25. The number of nitrogens with zero attached hydrogens (tertiary/aromatic N) is 5. The van der Waals surface area contributed by atoms with Gasteiger partial charge in [0, 0.05) is 29.2 Å². The minimum absolute atomic E-state index is 0.0558. The third-order valence-corrected chi connectivity index (χ3v) is 5.63. The van der Waals surface area contributed by atoms with E-state index in [1.165, 1.54) is 18.2 Å². The van der Waals surface area contributed by atoms with E-state index in [1.54, 1.807) is 6.07 Å². The summed E-state index contributed by atoms with van der Waals surface area (Å²) in [5, 5.41) is 15.2. The molecule has 0 radical (unpaired) electrons. The summed E-state index contributed by atoms with van der Waals surface area (Å²) in [6.45, 7) is 9.16. The molecule has 0 unspecified atom stereocenters. The van der Waals surface area contributed by atoms with E-state index in [0.29, 0.717) is 21.8 Å². The Morgan fingerprint density at radius 1 is 1.16 bits per heavy atom. The van der Waals surface area contributed by atoms with Crippen LogP contribution in [0, 0.1) is 11.2 Å². The highest BCUT2D eigenvalue weighted by Crippen LogP contribution is 2.25. The van der Waals surface area contributed by atoms with Crippen LogP contribution in [0.25, 0.3) is 16.6 Å². The second-order valence-electron chi connectivity index (χ2n) is 7.44. The topological polar surface area (TPSA) is 68.5 Å². The minimum atomic E-state index is -0.524. The first-order valence-corrected chi connectivity index (χ1v) is 11.2. The van der Waals surface area contributed by atoms with E-state index in [4.69, 9.17) is 17.0 Å². The Bertz CT molecular complexity index is 1230. The van der Waals surface area contributed by atoms with Gasteiger partial charge in [-0.3, -0.25) is 15.4 Å². The molecule has 3 aromatic rings. The molecule has 4 rings (SSSR count). The molecular weight excluding hydrogens is 495 g/mol. The lowest BCUT2D eigenvalue weighted by Crippen LogP contribution is -2.44. The molecule has 1 N–H and O–H groups in total. The van der Waals surface area contributed by atoms with E-state index >= 15 is 0 Å². The van der Waals surface area contributed by atoms with Crippen LogP contribution in [0.2, 0.25) is 5.02 Å². The number of aromatic nitrogens is 2. The number of anilines is 1. The predicted octanol–water partition coefficient (Wildman–Crippen LogP) is 5.35. The van der Waals surface area contributed by atoms with Gasteiger partial charge in [-0.15, -0.1) is 0 Å². The lowest BCUT2D eigenvalue weighted by Gasteiger charge is -2.34. The molecular formula is C23H21BrClFN6. The van der Waals surface area contributed by atoms with E-state index in [2.05, 4.69) is 42.5 Å². The summed E-state index contributed by atoms with van der Waals surface area (Å²) < 4.78 is 15.1. The fourth-order valence-corrected chi connectivity index (χ4v) is 3.96. The van der Waals surface area contributed by atoms with E-state index in [0.717, 1.165) is 42.0 Å². The first-order chi connectivity index (χ1) is 15.3. The van der Waals surface area contributed by atoms with Crippen molar-refractivity contribution >= 4 is 60.2 Å². The Morgan fingerprint density at radius 3 is 2.62 bits per heavy atom. The standard InChI is InChI=1S/C23H21BrClFN6/c1-14(23(27)18-11-16(25)3-4-19(18)26)20-5-6-21-22(29-20)12-17(13-28-21)31-7-9-32(10-8-31)30-15(2)24/h3-6,11-13,27H,1,7-10H2,2H3/b27-23?,30-15+. The average molecular weight is 516 g/mol. The predicted molar refractivity (Wildman–Crippen MR) is 133 cm³/mol. The lowest BCUT2D eigenvalue weighted by atomic mass is 10.00. The Hall–Kier alpha value is -2.84. The maximum atomic E-state index is 14.2. The van der Waals surface area contributed by atoms with Gasteiger partial charge in [0.1, 0.15) is 5.82 Å². The first-order valence-electron chi connectivity index (χ1n) is 10.0. The monoisotopic (exact) mass is 514 g/mol. The largest absolute Gasteiger partial charge is 0.367 e. The number of nitrogens with one attached hydrogen (secondary N) is 1. The summed E-state index contributed by atoms with van der Waals surface area (Å²) in [4.78, 5) is 11.4. The van der Waals surface area contributed by atoms with Gasteiger partial charge in [-0.05, 0) is 59.3 Å². The van der Waals surface area contributed by atoms with Gasteiger partial charge in [0.25, 0.3) is 0 Å². The molecule has 0 amide bonds. The molecule has 6 nitrogen and oxygen atoms in total. The molecule has 2 aromatic heterocycles. The molecule has 0 aliphatic carbocycles. The molecule has 1 aromatic carbocycles. The summed E-state index contributed by atoms with van der Waals surface area (Å²) in [5.74, 6) is -0.524. The zero-order chi connectivity index (χ0) is 22.8. The van der Waals surface area contributed by atoms with E-state index in [1.807, 2.05) is 30.3 Å². The van der Waals surface area contributed by atoms with Crippen molar-refractivity contribution in [3.8, 4) is 0 Å². The van der Waals surface area contributed by atoms with Gasteiger partial charge >= 0.3 is 0 Å². The Labute approximate surface area is 199 Å². The number of pyridine rings is 2. The fraction of sp³-hybridized carbons (Fsp3) is 0.217. The molecule has 0 spiro atoms. The van der Waals surface area contributed by atoms with Gasteiger partial charge < -0.3 is 4.90 Å². The smallest absolute Gasteiger partial charge is 0.132 e. The van der Waals surface area contributed by atoms with Crippen LogP contribution < -0.4 is 4.90 Å². The molecule has 164 valence electrons. The van der Waals surface area contributed by atoms with Crippen molar-refractivity contribution in [3.63, 3.8) is 0 Å². The molecule has 0 bridgehead atoms. The third-order valence-electron chi connectivity index (χ3n) is 5.23. The number of hydrogen-bond donors (Lipinski definition) is 1. The minimum Gasteiger partial charge on any atom is -0.367 e. The van der Waals surface area contributed by atoms with Gasteiger partial charge in [-0.2, -0.15) is 5.10 Å². The van der Waals surface area contributed by atoms with Crippen LogP contribution in [0.5, 0.6) is 0 Å². The number of allylic oxidation sites excluding steroid dienone is 1. The number of benzene rings is 1. The van der Waals surface area contributed by atoms with Gasteiger partial charge in [-0.25, -0.2) is 9.37 Å². The van der Waals surface area contributed by atoms with Crippen LogP contribution in [-0.4, -0.2) is 51.5 Å². The van der Waals surface area contributed by atoms with Crippen molar-refractivity contribution in [2.45, 2.75) is 6.92 Å². The van der Waals surface area contributed by atoms with E-state index in [-0.39, 0.29) is 11.3 Å². The van der Waals surface area contributed by atoms with E-state index < -0.39 is 5.82 Å².